The number of rotatable bonds is 8. The fraction of sp³-hybridized carbons (Fsp3) is 0.571. The maximum atomic E-state index is 12.0. The monoisotopic (exact) mass is 504 g/mol. The second kappa shape index (κ2) is 11.1. The molecule has 0 unspecified atom stereocenters. The second-order valence-corrected chi connectivity index (χ2v) is 8.09. The average molecular weight is 504 g/mol. The highest BCUT2D eigenvalue weighted by atomic mass is 16.8. The molecule has 1 aromatic rings. The van der Waals surface area contributed by atoms with Crippen molar-refractivity contribution in [2.24, 2.45) is 0 Å². The van der Waals surface area contributed by atoms with E-state index in [-0.39, 0.29) is 5.75 Å². The van der Waals surface area contributed by atoms with Crippen LogP contribution in [0.15, 0.2) is 24.3 Å². The molecule has 2 saturated heterocycles. The molecule has 1 aromatic carbocycles. The van der Waals surface area contributed by atoms with Gasteiger partial charge in [-0.25, -0.2) is 4.79 Å². The number of phenols is 2. The van der Waals surface area contributed by atoms with Gasteiger partial charge in [0.05, 0.1) is 6.61 Å². The van der Waals surface area contributed by atoms with Crippen LogP contribution in [-0.4, -0.2) is 127 Å². The standard InChI is InChI=1S/C21H28O14/c22-6-12-15(27)17(29)18(30)20(33-12)35-21(8-23)19(31)16(28)13(34-21)7-32-14(26)4-2-9-1-3-10(24)11(25)5-9/h1-5,12-13,15-20,22-25,27-31H,6-8H2/b4-2+/t12-,13-,15-,16-,17+,18-,19+,20-,21+/m1/s1. The average Bonchev–Trinajstić information content (AvgIpc) is 3.08. The van der Waals surface area contributed by atoms with Crippen molar-refractivity contribution in [2.45, 2.75) is 54.8 Å². The predicted molar refractivity (Wildman–Crippen MR) is 111 cm³/mol. The summed E-state index contributed by atoms with van der Waals surface area (Å²) in [5, 5.41) is 88.6. The lowest BCUT2D eigenvalue weighted by molar-refractivity contribution is -0.383. The minimum atomic E-state index is -2.37. The van der Waals surface area contributed by atoms with Gasteiger partial charge in [-0.05, 0) is 23.8 Å². The molecule has 3 rings (SSSR count). The number of aliphatic hydroxyl groups is 7. The van der Waals surface area contributed by atoms with E-state index in [1.807, 2.05) is 0 Å². The summed E-state index contributed by atoms with van der Waals surface area (Å²) < 4.78 is 20.9. The first kappa shape index (κ1) is 27.2. The van der Waals surface area contributed by atoms with E-state index in [4.69, 9.17) is 18.9 Å². The molecule has 2 fully saturated rings. The van der Waals surface area contributed by atoms with E-state index < -0.39 is 86.3 Å². The minimum absolute atomic E-state index is 0.339. The Balaban J connectivity index is 1.63. The molecular formula is C21H28O14. The summed E-state index contributed by atoms with van der Waals surface area (Å²) in [4.78, 5) is 12.0. The number of aliphatic hydroxyl groups excluding tert-OH is 7. The molecule has 0 saturated carbocycles. The molecule has 0 radical (unpaired) electrons. The van der Waals surface area contributed by atoms with Crippen LogP contribution in [-0.2, 0) is 23.7 Å². The molecule has 14 heteroatoms. The first-order valence-corrected chi connectivity index (χ1v) is 10.5. The molecule has 2 aliphatic rings. The zero-order chi connectivity index (χ0) is 25.9. The van der Waals surface area contributed by atoms with E-state index in [1.165, 1.54) is 24.3 Å². The van der Waals surface area contributed by atoms with Crippen molar-refractivity contribution in [3.05, 3.63) is 29.8 Å². The van der Waals surface area contributed by atoms with Crippen LogP contribution in [0.5, 0.6) is 11.5 Å². The van der Waals surface area contributed by atoms with Gasteiger partial charge in [0.2, 0.25) is 5.79 Å². The molecule has 2 heterocycles. The molecule has 0 bridgehead atoms. The number of esters is 1. The Bertz CT molecular complexity index is 906. The van der Waals surface area contributed by atoms with Crippen molar-refractivity contribution >= 4 is 12.0 Å². The van der Waals surface area contributed by atoms with Crippen LogP contribution in [0.3, 0.4) is 0 Å². The molecule has 9 atom stereocenters. The smallest absolute Gasteiger partial charge is 0.330 e. The van der Waals surface area contributed by atoms with Crippen LogP contribution in [0, 0.1) is 0 Å². The lowest BCUT2D eigenvalue weighted by Gasteiger charge is -2.43. The van der Waals surface area contributed by atoms with Gasteiger partial charge in [-0.3, -0.25) is 0 Å². The Hall–Kier alpha value is -2.37. The van der Waals surface area contributed by atoms with Crippen LogP contribution >= 0.6 is 0 Å². The van der Waals surface area contributed by atoms with Crippen LogP contribution in [0.1, 0.15) is 5.56 Å². The summed E-state index contributed by atoms with van der Waals surface area (Å²) >= 11 is 0. The van der Waals surface area contributed by atoms with Gasteiger partial charge >= 0.3 is 5.97 Å². The molecule has 2 aliphatic heterocycles. The molecule has 0 aliphatic carbocycles. The Kier molecular flexibility index (Phi) is 8.66. The largest absolute Gasteiger partial charge is 0.504 e. The normalized spacial score (nSPS) is 37.6. The van der Waals surface area contributed by atoms with E-state index in [2.05, 4.69) is 0 Å². The number of carbonyl (C=O) groups excluding carboxylic acids is 1. The zero-order valence-electron chi connectivity index (χ0n) is 18.2. The van der Waals surface area contributed by atoms with Gasteiger partial charge in [0, 0.05) is 6.08 Å². The van der Waals surface area contributed by atoms with E-state index >= 15 is 0 Å². The Morgan fingerprint density at radius 3 is 2.31 bits per heavy atom. The fourth-order valence-electron chi connectivity index (χ4n) is 3.64. The Labute approximate surface area is 198 Å². The number of ether oxygens (including phenoxy) is 4. The minimum Gasteiger partial charge on any atom is -0.504 e. The quantitative estimate of drug-likeness (QED) is 0.0941. The number of hydrogen-bond acceptors (Lipinski definition) is 14. The van der Waals surface area contributed by atoms with Crippen molar-refractivity contribution in [1.82, 2.24) is 0 Å². The summed E-state index contributed by atoms with van der Waals surface area (Å²) in [6.45, 7) is -2.41. The summed E-state index contributed by atoms with van der Waals surface area (Å²) in [6.07, 6.45) is -11.2. The number of benzene rings is 1. The molecule has 0 spiro atoms. The van der Waals surface area contributed by atoms with Crippen LogP contribution < -0.4 is 0 Å². The van der Waals surface area contributed by atoms with Gasteiger partial charge in [0.1, 0.15) is 55.9 Å². The van der Waals surface area contributed by atoms with E-state index in [0.29, 0.717) is 5.56 Å². The van der Waals surface area contributed by atoms with Gasteiger partial charge < -0.3 is 64.9 Å². The topological polar surface area (TPSA) is 236 Å². The summed E-state index contributed by atoms with van der Waals surface area (Å²) in [5.41, 5.74) is 0.372. The third-order valence-electron chi connectivity index (χ3n) is 5.69. The van der Waals surface area contributed by atoms with Gasteiger partial charge in [-0.2, -0.15) is 0 Å². The fourth-order valence-corrected chi connectivity index (χ4v) is 3.64. The Morgan fingerprint density at radius 1 is 0.971 bits per heavy atom. The summed E-state index contributed by atoms with van der Waals surface area (Å²) in [7, 11) is 0. The molecular weight excluding hydrogens is 476 g/mol. The van der Waals surface area contributed by atoms with Crippen LogP contribution in [0.4, 0.5) is 0 Å². The summed E-state index contributed by atoms with van der Waals surface area (Å²) in [6, 6.07) is 3.84. The van der Waals surface area contributed by atoms with Crippen molar-refractivity contribution in [3.63, 3.8) is 0 Å². The maximum Gasteiger partial charge on any atom is 0.330 e. The lowest BCUT2D eigenvalue weighted by Crippen LogP contribution is -2.62. The van der Waals surface area contributed by atoms with E-state index in [1.54, 1.807) is 0 Å². The molecule has 0 amide bonds. The number of phenolic OH excluding ortho intramolecular Hbond substituents is 2. The number of hydrogen-bond donors (Lipinski definition) is 9. The van der Waals surface area contributed by atoms with Gasteiger partial charge in [0.15, 0.2) is 17.8 Å². The number of carbonyl (C=O) groups is 1. The molecule has 14 nitrogen and oxygen atoms in total. The Morgan fingerprint density at radius 2 is 1.69 bits per heavy atom. The predicted octanol–water partition coefficient (Wildman–Crippen LogP) is -3.72. The third-order valence-corrected chi connectivity index (χ3v) is 5.69. The number of aromatic hydroxyl groups is 2. The SMILES string of the molecule is O=C(/C=C/c1ccc(O)c(O)c1)OC[C@H]1O[C@@](CO)(O[C@H]2O[C@H](CO)[C@@H](O)[C@H](O)[C@H]2O)[C@@H](O)[C@@H]1O. The summed E-state index contributed by atoms with van der Waals surface area (Å²) in [5.74, 6) is -3.99. The zero-order valence-corrected chi connectivity index (χ0v) is 18.2. The van der Waals surface area contributed by atoms with Crippen LogP contribution in [0.25, 0.3) is 6.08 Å². The van der Waals surface area contributed by atoms with Crippen molar-refractivity contribution in [1.29, 1.82) is 0 Å². The maximum absolute atomic E-state index is 12.0. The van der Waals surface area contributed by atoms with Crippen LogP contribution in [0.2, 0.25) is 0 Å². The lowest BCUT2D eigenvalue weighted by atomic mass is 9.99. The van der Waals surface area contributed by atoms with Gasteiger partial charge in [-0.1, -0.05) is 6.07 Å². The van der Waals surface area contributed by atoms with E-state index in [9.17, 15) is 50.8 Å². The molecule has 35 heavy (non-hydrogen) atoms. The third kappa shape index (κ3) is 5.73. The molecule has 196 valence electrons. The second-order valence-electron chi connectivity index (χ2n) is 8.09. The van der Waals surface area contributed by atoms with Crippen molar-refractivity contribution in [2.75, 3.05) is 19.8 Å². The van der Waals surface area contributed by atoms with Gasteiger partial charge in [-0.15, -0.1) is 0 Å². The highest BCUT2D eigenvalue weighted by Crippen LogP contribution is 2.36. The van der Waals surface area contributed by atoms with Crippen molar-refractivity contribution < 1.29 is 69.7 Å². The molecule has 0 aromatic heterocycles. The first-order valence-electron chi connectivity index (χ1n) is 10.5. The van der Waals surface area contributed by atoms with Gasteiger partial charge in [0.25, 0.3) is 0 Å². The van der Waals surface area contributed by atoms with E-state index in [0.717, 1.165) is 6.08 Å². The van der Waals surface area contributed by atoms with Crippen molar-refractivity contribution in [3.8, 4) is 11.5 Å². The highest BCUT2D eigenvalue weighted by molar-refractivity contribution is 5.87. The first-order chi connectivity index (χ1) is 16.5. The molecule has 9 N–H and O–H groups in total. The highest BCUT2D eigenvalue weighted by Gasteiger charge is 2.58.